The summed E-state index contributed by atoms with van der Waals surface area (Å²) in [6.07, 6.45) is 5.38. The third kappa shape index (κ3) is 3.05. The molecule has 72 valence electrons. The van der Waals surface area contributed by atoms with E-state index < -0.39 is 0 Å². The molecule has 1 aliphatic rings. The minimum atomic E-state index is 0.0411. The summed E-state index contributed by atoms with van der Waals surface area (Å²) in [7, 11) is 0. The molecular weight excluding hydrogens is 162 g/mol. The van der Waals surface area contributed by atoms with Crippen LogP contribution in [0.15, 0.2) is 23.3 Å². The highest BCUT2D eigenvalue weighted by Gasteiger charge is 2.12. The number of hydrogen-bond acceptors (Lipinski definition) is 1. The molecule has 1 unspecified atom stereocenters. The van der Waals surface area contributed by atoms with Gasteiger partial charge in [0.2, 0.25) is 5.91 Å². The van der Waals surface area contributed by atoms with Gasteiger partial charge in [-0.2, -0.15) is 0 Å². The molecule has 0 heterocycles. The lowest BCUT2D eigenvalue weighted by Crippen LogP contribution is -2.25. The zero-order valence-corrected chi connectivity index (χ0v) is 8.55. The fourth-order valence-electron chi connectivity index (χ4n) is 1.56. The Morgan fingerprint density at radius 2 is 2.31 bits per heavy atom. The Bertz CT molecular complexity index is 263. The maximum atomic E-state index is 10.7. The first-order valence-corrected chi connectivity index (χ1v) is 4.70. The largest absolute Gasteiger partial charge is 0.353 e. The zero-order chi connectivity index (χ0) is 9.84. The lowest BCUT2D eigenvalue weighted by Gasteiger charge is -2.20. The van der Waals surface area contributed by atoms with Crippen LogP contribution >= 0.6 is 0 Å². The zero-order valence-electron chi connectivity index (χ0n) is 8.55. The van der Waals surface area contributed by atoms with E-state index in [9.17, 15) is 4.79 Å². The number of rotatable bonds is 2. The minimum absolute atomic E-state index is 0.0411. The Morgan fingerprint density at radius 1 is 1.62 bits per heavy atom. The van der Waals surface area contributed by atoms with Crippen LogP contribution in [-0.4, -0.2) is 12.5 Å². The second-order valence-electron chi connectivity index (χ2n) is 3.77. The fourth-order valence-corrected chi connectivity index (χ4v) is 1.56. The van der Waals surface area contributed by atoms with E-state index in [1.165, 1.54) is 11.1 Å². The fraction of sp³-hybridized carbons (Fsp3) is 0.545. The standard InChI is InChI=1S/C11H17NO/c1-8-4-5-11(9(2)6-8)7-12-10(3)13/h4-5,9H,6-7H2,1-3H3,(H,12,13). The highest BCUT2D eigenvalue weighted by atomic mass is 16.1. The lowest BCUT2D eigenvalue weighted by atomic mass is 9.89. The molecule has 1 atom stereocenters. The Kier molecular flexibility index (Phi) is 3.29. The van der Waals surface area contributed by atoms with E-state index >= 15 is 0 Å². The van der Waals surface area contributed by atoms with Gasteiger partial charge in [-0.15, -0.1) is 0 Å². The molecule has 0 spiro atoms. The quantitative estimate of drug-likeness (QED) is 0.690. The Morgan fingerprint density at radius 3 is 2.85 bits per heavy atom. The summed E-state index contributed by atoms with van der Waals surface area (Å²) >= 11 is 0. The average Bonchev–Trinajstić information content (AvgIpc) is 2.02. The predicted molar refractivity (Wildman–Crippen MR) is 54.3 cm³/mol. The molecule has 0 aromatic heterocycles. The molecule has 1 N–H and O–H groups in total. The van der Waals surface area contributed by atoms with Crippen molar-refractivity contribution in [3.63, 3.8) is 0 Å². The molecular formula is C11H17NO. The van der Waals surface area contributed by atoms with Gasteiger partial charge in [-0.05, 0) is 24.8 Å². The van der Waals surface area contributed by atoms with Crippen molar-refractivity contribution in [3.8, 4) is 0 Å². The van der Waals surface area contributed by atoms with Gasteiger partial charge in [0.25, 0.3) is 0 Å². The number of carbonyl (C=O) groups is 1. The van der Waals surface area contributed by atoms with Gasteiger partial charge < -0.3 is 5.32 Å². The second-order valence-corrected chi connectivity index (χ2v) is 3.77. The van der Waals surface area contributed by atoms with Crippen molar-refractivity contribution in [2.75, 3.05) is 6.54 Å². The van der Waals surface area contributed by atoms with E-state index in [0.717, 1.165) is 6.42 Å². The lowest BCUT2D eigenvalue weighted by molar-refractivity contribution is -0.118. The molecule has 1 amide bonds. The molecule has 0 aromatic rings. The van der Waals surface area contributed by atoms with Crippen LogP contribution in [0.3, 0.4) is 0 Å². The number of amides is 1. The summed E-state index contributed by atoms with van der Waals surface area (Å²) in [5.74, 6) is 0.608. The van der Waals surface area contributed by atoms with Crippen LogP contribution < -0.4 is 5.32 Å². The molecule has 0 fully saturated rings. The maximum absolute atomic E-state index is 10.7. The summed E-state index contributed by atoms with van der Waals surface area (Å²) in [6, 6.07) is 0. The Labute approximate surface area is 79.7 Å². The number of nitrogens with one attached hydrogen (secondary N) is 1. The van der Waals surface area contributed by atoms with Crippen molar-refractivity contribution < 1.29 is 4.79 Å². The van der Waals surface area contributed by atoms with Gasteiger partial charge in [-0.3, -0.25) is 4.79 Å². The highest BCUT2D eigenvalue weighted by molar-refractivity contribution is 5.73. The highest BCUT2D eigenvalue weighted by Crippen LogP contribution is 2.23. The first-order chi connectivity index (χ1) is 6.09. The predicted octanol–water partition coefficient (Wildman–Crippen LogP) is 2.04. The first kappa shape index (κ1) is 10.0. The van der Waals surface area contributed by atoms with Crippen molar-refractivity contribution in [1.29, 1.82) is 0 Å². The molecule has 2 heteroatoms. The number of carbonyl (C=O) groups excluding carboxylic acids is 1. The summed E-state index contributed by atoms with van der Waals surface area (Å²) in [6.45, 7) is 6.59. The van der Waals surface area contributed by atoms with Crippen LogP contribution in [0.5, 0.6) is 0 Å². The van der Waals surface area contributed by atoms with Crippen LogP contribution in [0.4, 0.5) is 0 Å². The van der Waals surface area contributed by atoms with Crippen molar-refractivity contribution >= 4 is 5.91 Å². The Balaban J connectivity index is 2.53. The van der Waals surface area contributed by atoms with E-state index in [1.54, 1.807) is 6.92 Å². The van der Waals surface area contributed by atoms with Gasteiger partial charge in [0.05, 0.1) is 0 Å². The molecule has 0 saturated heterocycles. The van der Waals surface area contributed by atoms with Gasteiger partial charge in [0.1, 0.15) is 0 Å². The third-order valence-electron chi connectivity index (χ3n) is 2.38. The summed E-state index contributed by atoms with van der Waals surface area (Å²) in [5, 5.41) is 2.82. The molecule has 1 aliphatic carbocycles. The molecule has 0 radical (unpaired) electrons. The van der Waals surface area contributed by atoms with Gasteiger partial charge in [0.15, 0.2) is 0 Å². The van der Waals surface area contributed by atoms with Crippen LogP contribution in [0.1, 0.15) is 27.2 Å². The normalized spacial score (nSPS) is 21.9. The minimum Gasteiger partial charge on any atom is -0.353 e. The van der Waals surface area contributed by atoms with Crippen molar-refractivity contribution in [1.82, 2.24) is 5.32 Å². The molecule has 0 saturated carbocycles. The SMILES string of the molecule is CC(=O)NCC1=CC=C(C)CC1C. The summed E-state index contributed by atoms with van der Waals surface area (Å²) in [5.41, 5.74) is 2.74. The summed E-state index contributed by atoms with van der Waals surface area (Å²) in [4.78, 5) is 10.7. The first-order valence-electron chi connectivity index (χ1n) is 4.70. The van der Waals surface area contributed by atoms with Crippen LogP contribution in [0.25, 0.3) is 0 Å². The molecule has 2 nitrogen and oxygen atoms in total. The van der Waals surface area contributed by atoms with Crippen LogP contribution in [0, 0.1) is 5.92 Å². The number of hydrogen-bond donors (Lipinski definition) is 1. The monoisotopic (exact) mass is 179 g/mol. The van der Waals surface area contributed by atoms with E-state index in [1.807, 2.05) is 0 Å². The van der Waals surface area contributed by atoms with Crippen molar-refractivity contribution in [2.45, 2.75) is 27.2 Å². The molecule has 0 bridgehead atoms. The van der Waals surface area contributed by atoms with Gasteiger partial charge in [-0.25, -0.2) is 0 Å². The molecule has 13 heavy (non-hydrogen) atoms. The Hall–Kier alpha value is -1.05. The van der Waals surface area contributed by atoms with E-state index in [4.69, 9.17) is 0 Å². The maximum Gasteiger partial charge on any atom is 0.217 e. The topological polar surface area (TPSA) is 29.1 Å². The summed E-state index contributed by atoms with van der Waals surface area (Å²) < 4.78 is 0. The van der Waals surface area contributed by atoms with Crippen molar-refractivity contribution in [3.05, 3.63) is 23.3 Å². The molecule has 0 aromatic carbocycles. The number of allylic oxidation sites excluding steroid dienone is 3. The molecule has 0 aliphatic heterocycles. The van der Waals surface area contributed by atoms with Crippen molar-refractivity contribution in [2.24, 2.45) is 5.92 Å². The third-order valence-corrected chi connectivity index (χ3v) is 2.38. The smallest absolute Gasteiger partial charge is 0.217 e. The van der Waals surface area contributed by atoms with Crippen LogP contribution in [-0.2, 0) is 4.79 Å². The average molecular weight is 179 g/mol. The van der Waals surface area contributed by atoms with E-state index in [0.29, 0.717) is 12.5 Å². The van der Waals surface area contributed by atoms with E-state index in [-0.39, 0.29) is 5.91 Å². The van der Waals surface area contributed by atoms with Crippen LogP contribution in [0.2, 0.25) is 0 Å². The van der Waals surface area contributed by atoms with Gasteiger partial charge in [0, 0.05) is 13.5 Å². The van der Waals surface area contributed by atoms with Gasteiger partial charge >= 0.3 is 0 Å². The van der Waals surface area contributed by atoms with Gasteiger partial charge in [-0.1, -0.05) is 24.6 Å². The second kappa shape index (κ2) is 4.26. The molecule has 1 rings (SSSR count). The van der Waals surface area contributed by atoms with E-state index in [2.05, 4.69) is 31.3 Å².